The standard InChI is InChI=1S/C28H33N3O3S/c1-3-30(21-23-9-5-4-6-10-23)28(32)26-11-7-8-12-27(26)31-19-17-24(18-20-31)29-35(33,34)25-15-13-22(2)14-16-25/h4-16,24,29H,3,17-21H2,1-2H3. The Morgan fingerprint density at radius 3 is 2.23 bits per heavy atom. The summed E-state index contributed by atoms with van der Waals surface area (Å²) in [6, 6.07) is 24.5. The maximum Gasteiger partial charge on any atom is 0.256 e. The highest BCUT2D eigenvalue weighted by atomic mass is 32.2. The average molecular weight is 492 g/mol. The molecule has 6 nitrogen and oxygen atoms in total. The minimum atomic E-state index is -3.55. The van der Waals surface area contributed by atoms with Crippen LogP contribution in [0.15, 0.2) is 83.8 Å². The van der Waals surface area contributed by atoms with Crippen LogP contribution in [0, 0.1) is 6.92 Å². The third-order valence-corrected chi connectivity index (χ3v) is 8.04. The van der Waals surface area contributed by atoms with E-state index in [2.05, 4.69) is 9.62 Å². The SMILES string of the molecule is CCN(Cc1ccccc1)C(=O)c1ccccc1N1CCC(NS(=O)(=O)c2ccc(C)cc2)CC1. The predicted octanol–water partition coefficient (Wildman–Crippen LogP) is 4.60. The van der Waals surface area contributed by atoms with Crippen LogP contribution in [0.5, 0.6) is 0 Å². The van der Waals surface area contributed by atoms with Gasteiger partial charge in [0.1, 0.15) is 0 Å². The van der Waals surface area contributed by atoms with E-state index in [9.17, 15) is 13.2 Å². The van der Waals surface area contributed by atoms with E-state index in [1.54, 1.807) is 12.1 Å². The van der Waals surface area contributed by atoms with Crippen LogP contribution in [0.4, 0.5) is 5.69 Å². The molecule has 3 aromatic rings. The van der Waals surface area contributed by atoms with E-state index in [0.717, 1.165) is 16.8 Å². The van der Waals surface area contributed by atoms with Crippen LogP contribution in [-0.2, 0) is 16.6 Å². The van der Waals surface area contributed by atoms with Crippen molar-refractivity contribution >= 4 is 21.6 Å². The van der Waals surface area contributed by atoms with Gasteiger partial charge in [-0.3, -0.25) is 4.79 Å². The number of hydrogen-bond donors (Lipinski definition) is 1. The molecule has 0 atom stereocenters. The fraction of sp³-hybridized carbons (Fsp3) is 0.321. The van der Waals surface area contributed by atoms with E-state index in [1.165, 1.54) is 0 Å². The van der Waals surface area contributed by atoms with Gasteiger partial charge in [-0.2, -0.15) is 0 Å². The average Bonchev–Trinajstić information content (AvgIpc) is 2.88. The smallest absolute Gasteiger partial charge is 0.256 e. The summed E-state index contributed by atoms with van der Waals surface area (Å²) in [5.41, 5.74) is 3.71. The second kappa shape index (κ2) is 11.1. The first-order valence-electron chi connectivity index (χ1n) is 12.1. The maximum atomic E-state index is 13.5. The molecule has 0 saturated carbocycles. The van der Waals surface area contributed by atoms with E-state index in [1.807, 2.05) is 85.5 Å². The van der Waals surface area contributed by atoms with Crippen LogP contribution >= 0.6 is 0 Å². The third-order valence-electron chi connectivity index (χ3n) is 6.51. The van der Waals surface area contributed by atoms with Gasteiger partial charge >= 0.3 is 0 Å². The molecule has 184 valence electrons. The van der Waals surface area contributed by atoms with Gasteiger partial charge in [0, 0.05) is 37.9 Å². The lowest BCUT2D eigenvalue weighted by molar-refractivity contribution is 0.0753. The molecule has 35 heavy (non-hydrogen) atoms. The minimum Gasteiger partial charge on any atom is -0.371 e. The van der Waals surface area contributed by atoms with Crippen molar-refractivity contribution in [1.29, 1.82) is 0 Å². The molecule has 1 amide bonds. The number of sulfonamides is 1. The second-order valence-electron chi connectivity index (χ2n) is 9.02. The zero-order valence-electron chi connectivity index (χ0n) is 20.4. The number of anilines is 1. The van der Waals surface area contributed by atoms with Crippen LogP contribution in [0.2, 0.25) is 0 Å². The number of hydrogen-bond acceptors (Lipinski definition) is 4. The number of nitrogens with zero attached hydrogens (tertiary/aromatic N) is 2. The lowest BCUT2D eigenvalue weighted by Gasteiger charge is -2.35. The Hall–Kier alpha value is -3.16. The molecule has 0 radical (unpaired) electrons. The van der Waals surface area contributed by atoms with Gasteiger partial charge < -0.3 is 9.80 Å². The number of amides is 1. The van der Waals surface area contributed by atoms with Crippen molar-refractivity contribution in [2.75, 3.05) is 24.5 Å². The number of nitrogens with one attached hydrogen (secondary N) is 1. The molecule has 0 aliphatic carbocycles. The number of carbonyl (C=O) groups excluding carboxylic acids is 1. The van der Waals surface area contributed by atoms with E-state index >= 15 is 0 Å². The molecule has 1 N–H and O–H groups in total. The summed E-state index contributed by atoms with van der Waals surface area (Å²) >= 11 is 0. The van der Waals surface area contributed by atoms with Gasteiger partial charge in [0.05, 0.1) is 10.5 Å². The summed E-state index contributed by atoms with van der Waals surface area (Å²) in [7, 11) is -3.55. The third kappa shape index (κ3) is 6.10. The molecule has 0 unspecified atom stereocenters. The Morgan fingerprint density at radius 1 is 0.943 bits per heavy atom. The Kier molecular flexibility index (Phi) is 7.88. The molecule has 4 rings (SSSR count). The molecule has 0 spiro atoms. The Labute approximate surface area is 208 Å². The topological polar surface area (TPSA) is 69.7 Å². The summed E-state index contributed by atoms with van der Waals surface area (Å²) in [4.78, 5) is 17.8. The fourth-order valence-electron chi connectivity index (χ4n) is 4.47. The summed E-state index contributed by atoms with van der Waals surface area (Å²) in [5, 5.41) is 0. The minimum absolute atomic E-state index is 0.00847. The number of rotatable bonds is 8. The lowest BCUT2D eigenvalue weighted by Crippen LogP contribution is -2.45. The first-order valence-corrected chi connectivity index (χ1v) is 13.6. The molecule has 1 fully saturated rings. The van der Waals surface area contributed by atoms with Gasteiger partial charge in [-0.1, -0.05) is 60.2 Å². The van der Waals surface area contributed by atoms with Crippen LogP contribution < -0.4 is 9.62 Å². The molecule has 1 aliphatic heterocycles. The Bertz CT molecular complexity index is 1240. The number of benzene rings is 3. The Balaban J connectivity index is 1.43. The summed E-state index contributed by atoms with van der Waals surface area (Å²) in [5.74, 6) is 0.00847. The van der Waals surface area contributed by atoms with E-state index < -0.39 is 10.0 Å². The van der Waals surface area contributed by atoms with E-state index in [-0.39, 0.29) is 11.9 Å². The fourth-order valence-corrected chi connectivity index (χ4v) is 5.78. The highest BCUT2D eigenvalue weighted by molar-refractivity contribution is 7.89. The quantitative estimate of drug-likeness (QED) is 0.500. The zero-order chi connectivity index (χ0) is 24.8. The van der Waals surface area contributed by atoms with E-state index in [4.69, 9.17) is 0 Å². The molecule has 1 aliphatic rings. The van der Waals surface area contributed by atoms with E-state index in [0.29, 0.717) is 49.5 Å². The van der Waals surface area contributed by atoms with Crippen molar-refractivity contribution in [1.82, 2.24) is 9.62 Å². The predicted molar refractivity (Wildman–Crippen MR) is 140 cm³/mol. The normalized spacial score (nSPS) is 14.6. The van der Waals surface area contributed by atoms with Gasteiger partial charge in [0.25, 0.3) is 5.91 Å². The number of aryl methyl sites for hydroxylation is 1. The van der Waals surface area contributed by atoms with Crippen molar-refractivity contribution in [3.63, 3.8) is 0 Å². The molecular weight excluding hydrogens is 458 g/mol. The summed E-state index contributed by atoms with van der Waals surface area (Å²) < 4.78 is 28.4. The highest BCUT2D eigenvalue weighted by Gasteiger charge is 2.27. The van der Waals surface area contributed by atoms with Crippen molar-refractivity contribution in [2.45, 2.75) is 44.2 Å². The Morgan fingerprint density at radius 2 is 1.57 bits per heavy atom. The zero-order valence-corrected chi connectivity index (χ0v) is 21.2. The largest absolute Gasteiger partial charge is 0.371 e. The molecule has 0 bridgehead atoms. The van der Waals surface area contributed by atoms with Gasteiger partial charge in [-0.05, 0) is 56.5 Å². The van der Waals surface area contributed by atoms with Crippen LogP contribution in [-0.4, -0.2) is 44.9 Å². The molecule has 0 aromatic heterocycles. The monoisotopic (exact) mass is 491 g/mol. The molecule has 1 heterocycles. The lowest BCUT2D eigenvalue weighted by atomic mass is 10.0. The second-order valence-corrected chi connectivity index (χ2v) is 10.7. The van der Waals surface area contributed by atoms with Crippen molar-refractivity contribution in [2.24, 2.45) is 0 Å². The van der Waals surface area contributed by atoms with Crippen LogP contribution in [0.1, 0.15) is 41.3 Å². The highest BCUT2D eigenvalue weighted by Crippen LogP contribution is 2.26. The van der Waals surface area contributed by atoms with Gasteiger partial charge in [-0.15, -0.1) is 0 Å². The van der Waals surface area contributed by atoms with Crippen molar-refractivity contribution < 1.29 is 13.2 Å². The molecule has 1 saturated heterocycles. The number of carbonyl (C=O) groups is 1. The molecule has 3 aromatic carbocycles. The van der Waals surface area contributed by atoms with Crippen molar-refractivity contribution in [3.8, 4) is 0 Å². The van der Waals surface area contributed by atoms with Gasteiger partial charge in [-0.25, -0.2) is 13.1 Å². The van der Waals surface area contributed by atoms with Gasteiger partial charge in [0.15, 0.2) is 0 Å². The van der Waals surface area contributed by atoms with Crippen LogP contribution in [0.25, 0.3) is 0 Å². The maximum absolute atomic E-state index is 13.5. The summed E-state index contributed by atoms with van der Waals surface area (Å²) in [6.45, 7) is 6.46. The van der Waals surface area contributed by atoms with Crippen LogP contribution in [0.3, 0.4) is 0 Å². The van der Waals surface area contributed by atoms with Gasteiger partial charge in [0.2, 0.25) is 10.0 Å². The number of piperidine rings is 1. The molecular formula is C28H33N3O3S. The number of para-hydroxylation sites is 1. The van der Waals surface area contributed by atoms with Crippen molar-refractivity contribution in [3.05, 3.63) is 95.6 Å². The first-order chi connectivity index (χ1) is 16.9. The molecule has 7 heteroatoms. The summed E-state index contributed by atoms with van der Waals surface area (Å²) in [6.07, 6.45) is 1.35. The first kappa shape index (κ1) is 24.9.